The normalized spacial score (nSPS) is 13.6. The van der Waals surface area contributed by atoms with Crippen molar-refractivity contribution < 1.29 is 9.72 Å². The molecule has 0 fully saturated rings. The maximum absolute atomic E-state index is 12.5. The monoisotopic (exact) mass is 301 g/mol. The van der Waals surface area contributed by atoms with Gasteiger partial charge in [0.25, 0.3) is 5.69 Å². The molecule has 1 aliphatic heterocycles. The van der Waals surface area contributed by atoms with Gasteiger partial charge in [-0.3, -0.25) is 20.1 Å². The van der Waals surface area contributed by atoms with Crippen LogP contribution in [0.2, 0.25) is 0 Å². The van der Waals surface area contributed by atoms with Gasteiger partial charge in [0.15, 0.2) is 0 Å². The number of nitrogens with one attached hydrogen (secondary N) is 2. The standard InChI is InChI=1S/C14H15N5O3/c1-9-10(4-2-6-12(9)19(21)22)16-14(20)18-7-3-5-11-13(18)8-15-17-11/h2,4,6,8H,3,5,7H2,1H3,(H,15,17)(H,16,20). The molecule has 0 saturated carbocycles. The van der Waals surface area contributed by atoms with Gasteiger partial charge >= 0.3 is 6.03 Å². The fraction of sp³-hybridized carbons (Fsp3) is 0.286. The van der Waals surface area contributed by atoms with Crippen LogP contribution in [0.4, 0.5) is 21.9 Å². The number of urea groups is 1. The number of fused-ring (bicyclic) bond motifs is 1. The number of rotatable bonds is 2. The van der Waals surface area contributed by atoms with Crippen molar-refractivity contribution in [2.24, 2.45) is 0 Å². The lowest BCUT2D eigenvalue weighted by Crippen LogP contribution is -2.38. The van der Waals surface area contributed by atoms with Crippen LogP contribution in [0.25, 0.3) is 0 Å². The number of aromatic amines is 1. The smallest absolute Gasteiger partial charge is 0.307 e. The lowest BCUT2D eigenvalue weighted by Gasteiger charge is -2.26. The quantitative estimate of drug-likeness (QED) is 0.657. The van der Waals surface area contributed by atoms with Crippen molar-refractivity contribution in [2.75, 3.05) is 16.8 Å². The Hall–Kier alpha value is -2.90. The van der Waals surface area contributed by atoms with Crippen molar-refractivity contribution in [2.45, 2.75) is 19.8 Å². The first-order valence-electron chi connectivity index (χ1n) is 6.92. The maximum atomic E-state index is 12.5. The van der Waals surface area contributed by atoms with Crippen molar-refractivity contribution >= 4 is 23.1 Å². The summed E-state index contributed by atoms with van der Waals surface area (Å²) >= 11 is 0. The number of hydrogen-bond acceptors (Lipinski definition) is 4. The summed E-state index contributed by atoms with van der Waals surface area (Å²) in [6.45, 7) is 2.21. The van der Waals surface area contributed by atoms with Crippen molar-refractivity contribution in [1.29, 1.82) is 0 Å². The first kappa shape index (κ1) is 14.1. The van der Waals surface area contributed by atoms with Gasteiger partial charge in [-0.1, -0.05) is 6.07 Å². The van der Waals surface area contributed by atoms with E-state index in [0.717, 1.165) is 24.2 Å². The minimum atomic E-state index is -0.458. The Morgan fingerprint density at radius 2 is 2.32 bits per heavy atom. The Morgan fingerprint density at radius 1 is 1.50 bits per heavy atom. The highest BCUT2D eigenvalue weighted by atomic mass is 16.6. The molecule has 0 unspecified atom stereocenters. The molecule has 0 aliphatic carbocycles. The summed E-state index contributed by atoms with van der Waals surface area (Å²) in [6.07, 6.45) is 3.32. The highest BCUT2D eigenvalue weighted by Crippen LogP contribution is 2.28. The van der Waals surface area contributed by atoms with Gasteiger partial charge in [0.1, 0.15) is 0 Å². The molecule has 2 aromatic rings. The van der Waals surface area contributed by atoms with E-state index >= 15 is 0 Å². The molecule has 0 radical (unpaired) electrons. The number of carbonyl (C=O) groups is 1. The first-order valence-corrected chi connectivity index (χ1v) is 6.92. The Kier molecular flexibility index (Phi) is 3.50. The highest BCUT2D eigenvalue weighted by molar-refractivity contribution is 6.02. The number of amides is 2. The number of anilines is 2. The lowest BCUT2D eigenvalue weighted by molar-refractivity contribution is -0.385. The third-order valence-electron chi connectivity index (χ3n) is 3.78. The van der Waals surface area contributed by atoms with Gasteiger partial charge in [-0.25, -0.2) is 4.79 Å². The summed E-state index contributed by atoms with van der Waals surface area (Å²) in [4.78, 5) is 24.6. The van der Waals surface area contributed by atoms with E-state index in [0.29, 0.717) is 17.8 Å². The molecule has 2 heterocycles. The van der Waals surface area contributed by atoms with Crippen LogP contribution in [0.15, 0.2) is 24.4 Å². The van der Waals surface area contributed by atoms with E-state index in [4.69, 9.17) is 0 Å². The van der Waals surface area contributed by atoms with Crippen LogP contribution >= 0.6 is 0 Å². The van der Waals surface area contributed by atoms with E-state index in [9.17, 15) is 14.9 Å². The van der Waals surface area contributed by atoms with Crippen molar-refractivity contribution in [1.82, 2.24) is 10.2 Å². The summed E-state index contributed by atoms with van der Waals surface area (Å²) in [5, 5.41) is 20.6. The predicted octanol–water partition coefficient (Wildman–Crippen LogP) is 2.61. The molecule has 0 spiro atoms. The van der Waals surface area contributed by atoms with Crippen molar-refractivity contribution in [3.05, 3.63) is 45.8 Å². The number of hydrogen-bond donors (Lipinski definition) is 2. The minimum Gasteiger partial charge on any atom is -0.307 e. The summed E-state index contributed by atoms with van der Waals surface area (Å²) < 4.78 is 0. The largest absolute Gasteiger partial charge is 0.326 e. The molecule has 0 saturated heterocycles. The molecule has 1 aliphatic rings. The number of aryl methyl sites for hydroxylation is 1. The molecule has 8 nitrogen and oxygen atoms in total. The molecule has 22 heavy (non-hydrogen) atoms. The Morgan fingerprint density at radius 3 is 3.09 bits per heavy atom. The van der Waals surface area contributed by atoms with Gasteiger partial charge in [0.05, 0.1) is 33.8 Å². The van der Waals surface area contributed by atoms with Crippen LogP contribution in [0, 0.1) is 17.0 Å². The molecule has 3 rings (SSSR count). The fourth-order valence-corrected chi connectivity index (χ4v) is 2.61. The Balaban J connectivity index is 1.85. The number of nitro benzene ring substituents is 1. The van der Waals surface area contributed by atoms with E-state index in [1.54, 1.807) is 30.2 Å². The van der Waals surface area contributed by atoms with Crippen molar-refractivity contribution in [3.8, 4) is 0 Å². The van der Waals surface area contributed by atoms with Crippen LogP contribution in [0.3, 0.4) is 0 Å². The summed E-state index contributed by atoms with van der Waals surface area (Å²) in [5.74, 6) is 0. The van der Waals surface area contributed by atoms with Gasteiger partial charge < -0.3 is 5.32 Å². The average molecular weight is 301 g/mol. The fourth-order valence-electron chi connectivity index (χ4n) is 2.61. The van der Waals surface area contributed by atoms with E-state index < -0.39 is 4.92 Å². The van der Waals surface area contributed by atoms with Gasteiger partial charge in [0, 0.05) is 12.6 Å². The number of aromatic nitrogens is 2. The molecule has 2 N–H and O–H groups in total. The zero-order valence-corrected chi connectivity index (χ0v) is 12.0. The predicted molar refractivity (Wildman–Crippen MR) is 81.1 cm³/mol. The summed E-state index contributed by atoms with van der Waals surface area (Å²) in [5.41, 5.74) is 2.55. The van der Waals surface area contributed by atoms with E-state index in [1.807, 2.05) is 0 Å². The zero-order chi connectivity index (χ0) is 15.7. The topological polar surface area (TPSA) is 104 Å². The highest BCUT2D eigenvalue weighted by Gasteiger charge is 2.25. The van der Waals surface area contributed by atoms with Gasteiger partial charge in [-0.2, -0.15) is 5.10 Å². The van der Waals surface area contributed by atoms with Gasteiger partial charge in [0.2, 0.25) is 0 Å². The number of benzene rings is 1. The summed E-state index contributed by atoms with van der Waals surface area (Å²) in [6, 6.07) is 4.31. The Bertz CT molecular complexity index is 740. The third kappa shape index (κ3) is 2.39. The maximum Gasteiger partial charge on any atom is 0.326 e. The molecule has 1 aromatic heterocycles. The van der Waals surface area contributed by atoms with Crippen LogP contribution < -0.4 is 10.2 Å². The number of nitrogens with zero attached hydrogens (tertiary/aromatic N) is 3. The number of carbonyl (C=O) groups excluding carboxylic acids is 1. The SMILES string of the molecule is Cc1c(NC(=O)N2CCCc3[nH]ncc32)cccc1[N+](=O)[O-]. The van der Waals surface area contributed by atoms with Gasteiger partial charge in [-0.15, -0.1) is 0 Å². The molecule has 1 aromatic carbocycles. The molecular formula is C14H15N5O3. The third-order valence-corrected chi connectivity index (χ3v) is 3.78. The molecule has 8 heteroatoms. The van der Waals surface area contributed by atoms with E-state index in [1.165, 1.54) is 6.07 Å². The van der Waals surface area contributed by atoms with E-state index in [-0.39, 0.29) is 11.7 Å². The lowest BCUT2D eigenvalue weighted by atomic mass is 10.1. The Labute approximate surface area is 126 Å². The average Bonchev–Trinajstić information content (AvgIpc) is 2.97. The second kappa shape index (κ2) is 5.47. The molecule has 0 bridgehead atoms. The van der Waals surface area contributed by atoms with Crippen LogP contribution in [-0.4, -0.2) is 27.7 Å². The van der Waals surface area contributed by atoms with Gasteiger partial charge in [-0.05, 0) is 25.8 Å². The number of nitro groups is 1. The van der Waals surface area contributed by atoms with Crippen LogP contribution in [0.1, 0.15) is 17.7 Å². The molecular weight excluding hydrogens is 286 g/mol. The minimum absolute atomic E-state index is 0.0135. The number of H-pyrrole nitrogens is 1. The summed E-state index contributed by atoms with van der Waals surface area (Å²) in [7, 11) is 0. The molecule has 114 valence electrons. The zero-order valence-electron chi connectivity index (χ0n) is 12.0. The second-order valence-electron chi connectivity index (χ2n) is 5.13. The molecule has 2 amide bonds. The van der Waals surface area contributed by atoms with Crippen LogP contribution in [-0.2, 0) is 6.42 Å². The molecule has 0 atom stereocenters. The first-order chi connectivity index (χ1) is 10.6. The van der Waals surface area contributed by atoms with Crippen LogP contribution in [0.5, 0.6) is 0 Å². The second-order valence-corrected chi connectivity index (χ2v) is 5.13. The van der Waals surface area contributed by atoms with E-state index in [2.05, 4.69) is 15.5 Å². The van der Waals surface area contributed by atoms with Crippen molar-refractivity contribution in [3.63, 3.8) is 0 Å².